The van der Waals surface area contributed by atoms with Crippen LogP contribution in [-0.4, -0.2) is 22.2 Å². The van der Waals surface area contributed by atoms with Crippen molar-refractivity contribution in [2.75, 3.05) is 18.0 Å². The summed E-state index contributed by atoms with van der Waals surface area (Å²) in [7, 11) is 3.65. The SMILES string of the molecule is [2H]c1c(N2CCC(c3cc(F)c4ccn(C)c4c3)CC2)c2ccccc2n(C)c1=O. The van der Waals surface area contributed by atoms with E-state index in [2.05, 4.69) is 11.0 Å². The van der Waals surface area contributed by atoms with Crippen LogP contribution in [0.2, 0.25) is 0 Å². The van der Waals surface area contributed by atoms with Gasteiger partial charge < -0.3 is 14.0 Å². The summed E-state index contributed by atoms with van der Waals surface area (Å²) in [6, 6.07) is 13.4. The van der Waals surface area contributed by atoms with Gasteiger partial charge in [0.1, 0.15) is 5.82 Å². The van der Waals surface area contributed by atoms with Crippen molar-refractivity contribution in [2.45, 2.75) is 18.8 Å². The molecule has 0 radical (unpaired) electrons. The predicted molar refractivity (Wildman–Crippen MR) is 116 cm³/mol. The lowest BCUT2D eigenvalue weighted by atomic mass is 9.88. The number of anilines is 1. The number of fused-ring (bicyclic) bond motifs is 2. The summed E-state index contributed by atoms with van der Waals surface area (Å²) in [5, 5.41) is 1.59. The van der Waals surface area contributed by atoms with Crippen molar-refractivity contribution in [3.8, 4) is 0 Å². The van der Waals surface area contributed by atoms with Crippen molar-refractivity contribution in [2.24, 2.45) is 14.1 Å². The molecule has 2 aromatic carbocycles. The van der Waals surface area contributed by atoms with E-state index in [-0.39, 0.29) is 23.3 Å². The van der Waals surface area contributed by atoms with Crippen molar-refractivity contribution in [1.29, 1.82) is 0 Å². The number of nitrogens with zero attached hydrogens (tertiary/aromatic N) is 3. The Morgan fingerprint density at radius 3 is 2.59 bits per heavy atom. The lowest BCUT2D eigenvalue weighted by Gasteiger charge is -2.34. The van der Waals surface area contributed by atoms with E-state index >= 15 is 0 Å². The first-order chi connectivity index (χ1) is 14.5. The Kier molecular flexibility index (Phi) is 3.93. The molecule has 0 unspecified atom stereocenters. The molecule has 3 heterocycles. The molecule has 0 bridgehead atoms. The number of aromatic nitrogens is 2. The largest absolute Gasteiger partial charge is 0.371 e. The number of pyridine rings is 1. The third-order valence-electron chi connectivity index (χ3n) is 6.31. The number of benzene rings is 2. The van der Waals surface area contributed by atoms with Crippen LogP contribution in [0.4, 0.5) is 10.1 Å². The van der Waals surface area contributed by atoms with Crippen molar-refractivity contribution in [1.82, 2.24) is 9.13 Å². The Balaban J connectivity index is 1.47. The second-order valence-corrected chi connectivity index (χ2v) is 7.98. The maximum absolute atomic E-state index is 14.6. The fourth-order valence-corrected chi connectivity index (χ4v) is 4.60. The molecule has 1 aliphatic rings. The molecule has 4 aromatic rings. The second-order valence-electron chi connectivity index (χ2n) is 7.98. The number of hydrogen-bond acceptors (Lipinski definition) is 2. The number of piperidine rings is 1. The molecule has 2 aromatic heterocycles. The van der Waals surface area contributed by atoms with E-state index in [9.17, 15) is 9.18 Å². The van der Waals surface area contributed by atoms with Gasteiger partial charge in [-0.1, -0.05) is 18.2 Å². The van der Waals surface area contributed by atoms with Gasteiger partial charge in [0.2, 0.25) is 0 Å². The number of hydrogen-bond donors (Lipinski definition) is 0. The van der Waals surface area contributed by atoms with Crippen molar-refractivity contribution >= 4 is 27.5 Å². The van der Waals surface area contributed by atoms with Gasteiger partial charge >= 0.3 is 0 Å². The molecule has 1 fully saturated rings. The third-order valence-corrected chi connectivity index (χ3v) is 6.31. The van der Waals surface area contributed by atoms with Gasteiger partial charge in [0, 0.05) is 50.2 Å². The average Bonchev–Trinajstić information content (AvgIpc) is 3.14. The van der Waals surface area contributed by atoms with Crippen LogP contribution >= 0.6 is 0 Å². The molecule has 0 amide bonds. The van der Waals surface area contributed by atoms with Gasteiger partial charge in [-0.15, -0.1) is 0 Å². The molecule has 148 valence electrons. The number of aryl methyl sites for hydroxylation is 2. The Morgan fingerprint density at radius 1 is 1.03 bits per heavy atom. The molecule has 0 spiro atoms. The highest BCUT2D eigenvalue weighted by atomic mass is 19.1. The summed E-state index contributed by atoms with van der Waals surface area (Å²) in [6.07, 6.45) is 3.60. The fraction of sp³-hybridized carbons (Fsp3) is 0.292. The van der Waals surface area contributed by atoms with Crippen LogP contribution in [0.1, 0.15) is 25.7 Å². The van der Waals surface area contributed by atoms with Crippen LogP contribution in [0, 0.1) is 5.82 Å². The molecule has 1 saturated heterocycles. The summed E-state index contributed by atoms with van der Waals surface area (Å²) in [5.74, 6) is 0.0959. The van der Waals surface area contributed by atoms with Gasteiger partial charge in [0.05, 0.1) is 18.1 Å². The van der Waals surface area contributed by atoms with Crippen molar-refractivity contribution < 1.29 is 5.76 Å². The van der Waals surface area contributed by atoms with Crippen LogP contribution in [0.15, 0.2) is 59.5 Å². The molecule has 5 heteroatoms. The predicted octanol–water partition coefficient (Wildman–Crippen LogP) is 4.55. The average molecular weight is 390 g/mol. The van der Waals surface area contributed by atoms with E-state index in [0.29, 0.717) is 5.39 Å². The Labute approximate surface area is 170 Å². The minimum atomic E-state index is -0.276. The van der Waals surface area contributed by atoms with Crippen molar-refractivity contribution in [3.05, 3.63) is 76.4 Å². The first-order valence-corrected chi connectivity index (χ1v) is 10.0. The van der Waals surface area contributed by atoms with E-state index in [1.807, 2.05) is 48.1 Å². The zero-order valence-electron chi connectivity index (χ0n) is 17.7. The fourth-order valence-electron chi connectivity index (χ4n) is 4.60. The van der Waals surface area contributed by atoms with Crippen LogP contribution in [0.5, 0.6) is 0 Å². The molecule has 5 rings (SSSR count). The first kappa shape index (κ1) is 16.8. The maximum atomic E-state index is 14.6. The summed E-state index contributed by atoms with van der Waals surface area (Å²) in [6.45, 7) is 1.47. The highest BCUT2D eigenvalue weighted by Crippen LogP contribution is 2.35. The molecule has 1 aliphatic heterocycles. The van der Waals surface area contributed by atoms with E-state index < -0.39 is 0 Å². The summed E-state index contributed by atoms with van der Waals surface area (Å²) < 4.78 is 26.5. The van der Waals surface area contributed by atoms with Crippen LogP contribution in [0.3, 0.4) is 0 Å². The van der Waals surface area contributed by atoms with Gasteiger partial charge in [-0.25, -0.2) is 4.39 Å². The molecule has 0 N–H and O–H groups in total. The zero-order valence-corrected chi connectivity index (χ0v) is 16.7. The number of rotatable bonds is 2. The van der Waals surface area contributed by atoms with Gasteiger partial charge in [0.25, 0.3) is 5.56 Å². The molecule has 0 aliphatic carbocycles. The van der Waals surface area contributed by atoms with Crippen molar-refractivity contribution in [3.63, 3.8) is 0 Å². The number of para-hydroxylation sites is 1. The first-order valence-electron chi connectivity index (χ1n) is 10.5. The molecular formula is C24H24FN3O. The van der Waals surface area contributed by atoms with E-state index in [4.69, 9.17) is 1.37 Å². The van der Waals surface area contributed by atoms with Gasteiger partial charge in [-0.05, 0) is 48.6 Å². The second kappa shape index (κ2) is 6.76. The highest BCUT2D eigenvalue weighted by molar-refractivity contribution is 5.92. The quantitative estimate of drug-likeness (QED) is 0.503. The van der Waals surface area contributed by atoms with E-state index in [1.165, 1.54) is 0 Å². The lowest BCUT2D eigenvalue weighted by molar-refractivity contribution is 0.503. The van der Waals surface area contributed by atoms with E-state index in [0.717, 1.165) is 53.6 Å². The van der Waals surface area contributed by atoms with Gasteiger partial charge in [-0.2, -0.15) is 0 Å². The van der Waals surface area contributed by atoms with Crippen LogP contribution in [0.25, 0.3) is 21.8 Å². The normalized spacial score (nSPS) is 16.0. The smallest absolute Gasteiger partial charge is 0.252 e. The zero-order chi connectivity index (χ0) is 21.0. The highest BCUT2D eigenvalue weighted by Gasteiger charge is 2.24. The molecular weight excluding hydrogens is 365 g/mol. The summed E-state index contributed by atoms with van der Waals surface area (Å²) in [5.41, 5.74) is 3.23. The van der Waals surface area contributed by atoms with Crippen LogP contribution < -0.4 is 10.5 Å². The molecule has 0 atom stereocenters. The monoisotopic (exact) mass is 390 g/mol. The summed E-state index contributed by atoms with van der Waals surface area (Å²) in [4.78, 5) is 14.8. The third kappa shape index (κ3) is 2.92. The Hall–Kier alpha value is -3.08. The minimum absolute atomic E-state index is 0.0472. The maximum Gasteiger partial charge on any atom is 0.252 e. The standard InChI is InChI=1S/C24H24FN3O/c1-26-10-9-18-20(25)13-17(14-22(18)26)16-7-11-28(12-8-16)23-15-24(29)27(2)21-6-4-3-5-19(21)23/h3-6,9-10,13-16H,7-8,11-12H2,1-2H3/i15D. The van der Waals surface area contributed by atoms with Crippen LogP contribution in [-0.2, 0) is 14.1 Å². The Morgan fingerprint density at radius 2 is 1.79 bits per heavy atom. The molecule has 0 saturated carbocycles. The van der Waals surface area contributed by atoms with E-state index in [1.54, 1.807) is 17.7 Å². The molecule has 29 heavy (non-hydrogen) atoms. The minimum Gasteiger partial charge on any atom is -0.371 e. The summed E-state index contributed by atoms with van der Waals surface area (Å²) >= 11 is 0. The lowest BCUT2D eigenvalue weighted by Crippen LogP contribution is -2.34. The van der Waals surface area contributed by atoms with Gasteiger partial charge in [0.15, 0.2) is 0 Å². The Bertz CT molecular complexity index is 1330. The topological polar surface area (TPSA) is 30.2 Å². The number of halogens is 1. The van der Waals surface area contributed by atoms with Gasteiger partial charge in [-0.3, -0.25) is 4.79 Å². The molecule has 4 nitrogen and oxygen atoms in total.